The molecule has 0 atom stereocenters. The van der Waals surface area contributed by atoms with Gasteiger partial charge in [-0.1, -0.05) is 12.1 Å². The highest BCUT2D eigenvalue weighted by Gasteiger charge is 2.38. The van der Waals surface area contributed by atoms with Crippen molar-refractivity contribution in [1.29, 1.82) is 0 Å². The van der Waals surface area contributed by atoms with Gasteiger partial charge in [0.1, 0.15) is 5.78 Å². The Morgan fingerprint density at radius 1 is 1.05 bits per heavy atom. The lowest BCUT2D eigenvalue weighted by atomic mass is 10.2. The van der Waals surface area contributed by atoms with Gasteiger partial charge >= 0.3 is 12.1 Å². The maximum atomic E-state index is 12.1. The Bertz CT molecular complexity index is 553. The molecule has 1 rings (SSSR count). The van der Waals surface area contributed by atoms with Crippen LogP contribution in [0.5, 0.6) is 0 Å². The molecule has 0 aliphatic heterocycles. The summed E-state index contributed by atoms with van der Waals surface area (Å²) in [6, 6.07) is 5.58. The summed E-state index contributed by atoms with van der Waals surface area (Å²) in [5.41, 5.74) is 0.662. The molecule has 0 aliphatic carbocycles. The lowest BCUT2D eigenvalue weighted by molar-refractivity contribution is -0.167. The molecular formula is C14H15F3N2O3. The van der Waals surface area contributed by atoms with Gasteiger partial charge < -0.3 is 15.4 Å². The highest BCUT2D eigenvalue weighted by atomic mass is 19.4. The third kappa shape index (κ3) is 6.38. The van der Waals surface area contributed by atoms with Gasteiger partial charge in [0.05, 0.1) is 0 Å². The number of benzene rings is 1. The molecule has 22 heavy (non-hydrogen) atoms. The summed E-state index contributed by atoms with van der Waals surface area (Å²) in [5, 5.41) is 4.30. The minimum atomic E-state index is -4.94. The van der Waals surface area contributed by atoms with E-state index in [0.29, 0.717) is 5.56 Å². The number of ketones is 1. The maximum Gasteiger partial charge on any atom is 0.471 e. The van der Waals surface area contributed by atoms with Crippen LogP contribution in [0.3, 0.4) is 0 Å². The van der Waals surface area contributed by atoms with E-state index in [1.54, 1.807) is 5.32 Å². The number of rotatable bonds is 6. The average Bonchev–Trinajstić information content (AvgIpc) is 2.43. The standard InChI is InChI=1S/C14H15F3N2O3/c1-9(20)2-7-12(21)18-8-10-3-5-11(6-4-10)19-13(22)14(15,16)17/h3-6H,2,7-8H2,1H3,(H,18,21)(H,19,22). The number of alkyl halides is 3. The van der Waals surface area contributed by atoms with Crippen molar-refractivity contribution in [3.63, 3.8) is 0 Å². The van der Waals surface area contributed by atoms with Gasteiger partial charge in [0.25, 0.3) is 0 Å². The van der Waals surface area contributed by atoms with Gasteiger partial charge in [-0.05, 0) is 24.6 Å². The molecule has 1 aromatic rings. The summed E-state index contributed by atoms with van der Waals surface area (Å²) in [4.78, 5) is 32.9. The first-order valence-electron chi connectivity index (χ1n) is 6.41. The van der Waals surface area contributed by atoms with Crippen molar-refractivity contribution in [3.8, 4) is 0 Å². The van der Waals surface area contributed by atoms with E-state index >= 15 is 0 Å². The second-order valence-corrected chi connectivity index (χ2v) is 4.63. The highest BCUT2D eigenvalue weighted by Crippen LogP contribution is 2.18. The highest BCUT2D eigenvalue weighted by molar-refractivity contribution is 5.94. The Hall–Kier alpha value is -2.38. The van der Waals surface area contributed by atoms with Gasteiger partial charge in [0.15, 0.2) is 0 Å². The fraction of sp³-hybridized carbons (Fsp3) is 0.357. The molecule has 0 aromatic heterocycles. The fourth-order valence-corrected chi connectivity index (χ4v) is 1.49. The Morgan fingerprint density at radius 2 is 1.64 bits per heavy atom. The molecular weight excluding hydrogens is 301 g/mol. The molecule has 2 N–H and O–H groups in total. The van der Waals surface area contributed by atoms with Crippen molar-refractivity contribution in [1.82, 2.24) is 5.32 Å². The van der Waals surface area contributed by atoms with Gasteiger partial charge in [-0.25, -0.2) is 0 Å². The molecule has 0 unspecified atom stereocenters. The molecule has 5 nitrogen and oxygen atoms in total. The Morgan fingerprint density at radius 3 is 2.14 bits per heavy atom. The number of amides is 2. The maximum absolute atomic E-state index is 12.1. The normalized spacial score (nSPS) is 10.9. The van der Waals surface area contributed by atoms with Crippen molar-refractivity contribution in [3.05, 3.63) is 29.8 Å². The zero-order valence-corrected chi connectivity index (χ0v) is 11.8. The van der Waals surface area contributed by atoms with Crippen LogP contribution in [0.4, 0.5) is 18.9 Å². The molecule has 0 bridgehead atoms. The fourth-order valence-electron chi connectivity index (χ4n) is 1.49. The first-order valence-corrected chi connectivity index (χ1v) is 6.41. The number of hydrogen-bond acceptors (Lipinski definition) is 3. The van der Waals surface area contributed by atoms with Crippen molar-refractivity contribution in [2.75, 3.05) is 5.32 Å². The van der Waals surface area contributed by atoms with Crippen molar-refractivity contribution in [2.45, 2.75) is 32.5 Å². The van der Waals surface area contributed by atoms with E-state index in [4.69, 9.17) is 0 Å². The number of carbonyl (C=O) groups excluding carboxylic acids is 3. The summed E-state index contributed by atoms with van der Waals surface area (Å²) in [5.74, 6) is -2.41. The van der Waals surface area contributed by atoms with E-state index in [0.717, 1.165) is 0 Å². The molecule has 0 aliphatic rings. The van der Waals surface area contributed by atoms with Gasteiger partial charge in [-0.2, -0.15) is 13.2 Å². The largest absolute Gasteiger partial charge is 0.471 e. The third-order valence-corrected chi connectivity index (χ3v) is 2.66. The molecule has 0 spiro atoms. The van der Waals surface area contributed by atoms with E-state index in [9.17, 15) is 27.6 Å². The Balaban J connectivity index is 2.47. The molecule has 2 amide bonds. The quantitative estimate of drug-likeness (QED) is 0.844. The van der Waals surface area contributed by atoms with Crippen LogP contribution >= 0.6 is 0 Å². The molecule has 8 heteroatoms. The van der Waals surface area contributed by atoms with E-state index in [1.165, 1.54) is 31.2 Å². The van der Waals surface area contributed by atoms with E-state index < -0.39 is 12.1 Å². The lowest BCUT2D eigenvalue weighted by Crippen LogP contribution is -2.29. The zero-order valence-electron chi connectivity index (χ0n) is 11.8. The second kappa shape index (κ2) is 7.58. The third-order valence-electron chi connectivity index (χ3n) is 2.66. The summed E-state index contributed by atoms with van der Waals surface area (Å²) >= 11 is 0. The monoisotopic (exact) mass is 316 g/mol. The molecule has 1 aromatic carbocycles. The van der Waals surface area contributed by atoms with E-state index in [2.05, 4.69) is 5.32 Å². The Labute approximate surface area is 124 Å². The SMILES string of the molecule is CC(=O)CCC(=O)NCc1ccc(NC(=O)C(F)(F)F)cc1. The average molecular weight is 316 g/mol. The predicted molar refractivity (Wildman–Crippen MR) is 72.9 cm³/mol. The zero-order chi connectivity index (χ0) is 16.8. The molecule has 0 saturated carbocycles. The van der Waals surface area contributed by atoms with E-state index in [1.807, 2.05) is 0 Å². The number of hydrogen-bond donors (Lipinski definition) is 2. The number of halogens is 3. The molecule has 0 fully saturated rings. The predicted octanol–water partition coefficient (Wildman–Crippen LogP) is 2.17. The number of Topliss-reactive ketones (excluding diaryl/α,β-unsaturated/α-hetero) is 1. The second-order valence-electron chi connectivity index (χ2n) is 4.63. The van der Waals surface area contributed by atoms with Crippen LogP contribution in [0.1, 0.15) is 25.3 Å². The van der Waals surface area contributed by atoms with Gasteiger partial charge in [-0.3, -0.25) is 9.59 Å². The minimum absolute atomic E-state index is 0.00832. The summed E-state index contributed by atoms with van der Waals surface area (Å²) in [6.07, 6.45) is -4.69. The van der Waals surface area contributed by atoms with Crippen LogP contribution in [0, 0.1) is 0 Å². The van der Waals surface area contributed by atoms with Crippen LogP contribution in [0.25, 0.3) is 0 Å². The molecule has 120 valence electrons. The first kappa shape index (κ1) is 17.7. The van der Waals surface area contributed by atoms with Crippen LogP contribution in [0.15, 0.2) is 24.3 Å². The van der Waals surface area contributed by atoms with Crippen LogP contribution in [-0.2, 0) is 20.9 Å². The van der Waals surface area contributed by atoms with Crippen molar-refractivity contribution >= 4 is 23.3 Å². The van der Waals surface area contributed by atoms with Crippen LogP contribution in [0.2, 0.25) is 0 Å². The topological polar surface area (TPSA) is 75.3 Å². The van der Waals surface area contributed by atoms with Crippen molar-refractivity contribution in [2.24, 2.45) is 0 Å². The molecule has 0 saturated heterocycles. The number of nitrogens with one attached hydrogen (secondary N) is 2. The lowest BCUT2D eigenvalue weighted by Gasteiger charge is -2.09. The summed E-state index contributed by atoms with van der Waals surface area (Å²) in [7, 11) is 0. The van der Waals surface area contributed by atoms with Gasteiger partial charge in [-0.15, -0.1) is 0 Å². The molecule has 0 heterocycles. The number of anilines is 1. The smallest absolute Gasteiger partial charge is 0.352 e. The summed E-state index contributed by atoms with van der Waals surface area (Å²) in [6.45, 7) is 1.57. The first-order chi connectivity index (χ1) is 10.2. The van der Waals surface area contributed by atoms with Crippen LogP contribution < -0.4 is 10.6 Å². The van der Waals surface area contributed by atoms with Gasteiger partial charge in [0.2, 0.25) is 5.91 Å². The minimum Gasteiger partial charge on any atom is -0.352 e. The van der Waals surface area contributed by atoms with Crippen molar-refractivity contribution < 1.29 is 27.6 Å². The molecule has 0 radical (unpaired) electrons. The van der Waals surface area contributed by atoms with Gasteiger partial charge in [0, 0.05) is 25.1 Å². The van der Waals surface area contributed by atoms with E-state index in [-0.39, 0.29) is 36.8 Å². The number of carbonyl (C=O) groups is 3. The summed E-state index contributed by atoms with van der Waals surface area (Å²) < 4.78 is 36.2. The Kier molecular flexibility index (Phi) is 6.09. The van der Waals surface area contributed by atoms with Crippen LogP contribution in [-0.4, -0.2) is 23.8 Å².